The third kappa shape index (κ3) is 3.41. The maximum absolute atomic E-state index is 13.5. The molecule has 6 nitrogen and oxygen atoms in total. The molecule has 0 aliphatic carbocycles. The minimum absolute atomic E-state index is 0.143. The highest BCUT2D eigenvalue weighted by atomic mass is 16.3. The third-order valence-electron chi connectivity index (χ3n) is 5.96. The summed E-state index contributed by atoms with van der Waals surface area (Å²) in [6.45, 7) is 9.28. The van der Waals surface area contributed by atoms with Crippen molar-refractivity contribution in [2.75, 3.05) is 26.2 Å². The van der Waals surface area contributed by atoms with Crippen LogP contribution in [-0.2, 0) is 6.42 Å². The van der Waals surface area contributed by atoms with Crippen molar-refractivity contribution in [2.45, 2.75) is 33.2 Å². The Kier molecular flexibility index (Phi) is 5.68. The van der Waals surface area contributed by atoms with Crippen molar-refractivity contribution in [2.24, 2.45) is 0 Å². The fourth-order valence-electron chi connectivity index (χ4n) is 4.15. The van der Waals surface area contributed by atoms with Crippen molar-refractivity contribution >= 4 is 16.9 Å². The van der Waals surface area contributed by atoms with Crippen LogP contribution in [0.1, 0.15) is 54.2 Å². The van der Waals surface area contributed by atoms with Crippen molar-refractivity contribution < 1.29 is 9.21 Å². The summed E-state index contributed by atoms with van der Waals surface area (Å²) >= 11 is 0. The van der Waals surface area contributed by atoms with Gasteiger partial charge in [-0.25, -0.2) is 0 Å². The zero-order chi connectivity index (χ0) is 21.3. The predicted molar refractivity (Wildman–Crippen MR) is 117 cm³/mol. The molecule has 4 rings (SSSR count). The van der Waals surface area contributed by atoms with E-state index in [-0.39, 0.29) is 17.1 Å². The number of carbonyl (C=O) groups is 1. The first-order valence-corrected chi connectivity index (χ1v) is 10.6. The van der Waals surface area contributed by atoms with Gasteiger partial charge in [0.1, 0.15) is 11.6 Å². The van der Waals surface area contributed by atoms with Crippen molar-refractivity contribution in [3.63, 3.8) is 0 Å². The monoisotopic (exact) mass is 405 g/mol. The van der Waals surface area contributed by atoms with Crippen LogP contribution in [0.25, 0.3) is 11.0 Å². The molecule has 1 aromatic carbocycles. The Labute approximate surface area is 176 Å². The molecule has 3 heterocycles. The largest absolute Gasteiger partial charge is 0.450 e. The zero-order valence-corrected chi connectivity index (χ0v) is 17.7. The van der Waals surface area contributed by atoms with Gasteiger partial charge in [-0.2, -0.15) is 0 Å². The molecule has 0 fully saturated rings. The smallest absolute Gasteiger partial charge is 0.291 e. The lowest BCUT2D eigenvalue weighted by Crippen LogP contribution is -2.38. The van der Waals surface area contributed by atoms with Gasteiger partial charge in [-0.05, 0) is 49.3 Å². The number of hydrogen-bond acceptors (Lipinski definition) is 5. The third-order valence-corrected chi connectivity index (χ3v) is 5.96. The van der Waals surface area contributed by atoms with Crippen LogP contribution < -0.4 is 5.43 Å². The number of likely N-dealkylation sites (N-methyl/N-ethyl adjacent to an activating group) is 1. The van der Waals surface area contributed by atoms with E-state index in [2.05, 4.69) is 23.7 Å². The number of benzene rings is 1. The minimum atomic E-state index is -0.532. The molecule has 2 aromatic heterocycles. The van der Waals surface area contributed by atoms with Crippen LogP contribution in [0.3, 0.4) is 0 Å². The summed E-state index contributed by atoms with van der Waals surface area (Å²) in [6.07, 6.45) is 2.52. The molecule has 1 amide bonds. The van der Waals surface area contributed by atoms with Gasteiger partial charge in [0.05, 0.1) is 16.6 Å². The van der Waals surface area contributed by atoms with Gasteiger partial charge in [0, 0.05) is 19.3 Å². The van der Waals surface area contributed by atoms with Gasteiger partial charge in [0.2, 0.25) is 5.76 Å². The van der Waals surface area contributed by atoms with Gasteiger partial charge < -0.3 is 14.2 Å². The van der Waals surface area contributed by atoms with Crippen LogP contribution in [0.15, 0.2) is 51.8 Å². The topological polar surface area (TPSA) is 66.7 Å². The highest BCUT2D eigenvalue weighted by Crippen LogP contribution is 2.37. The van der Waals surface area contributed by atoms with E-state index in [0.717, 1.165) is 31.6 Å². The number of pyridine rings is 1. The van der Waals surface area contributed by atoms with E-state index in [0.29, 0.717) is 28.8 Å². The molecular weight excluding hydrogens is 378 g/mol. The highest BCUT2D eigenvalue weighted by Gasteiger charge is 2.43. The van der Waals surface area contributed by atoms with Gasteiger partial charge in [0.15, 0.2) is 5.43 Å². The molecule has 0 saturated heterocycles. The molecule has 6 heteroatoms. The van der Waals surface area contributed by atoms with Crippen LogP contribution in [0.5, 0.6) is 0 Å². The molecule has 0 bridgehead atoms. The lowest BCUT2D eigenvalue weighted by Gasteiger charge is -2.27. The number of nitrogens with zero attached hydrogens (tertiary/aromatic N) is 3. The van der Waals surface area contributed by atoms with Gasteiger partial charge >= 0.3 is 0 Å². The van der Waals surface area contributed by atoms with Crippen LogP contribution >= 0.6 is 0 Å². The van der Waals surface area contributed by atoms with Crippen LogP contribution in [0.4, 0.5) is 0 Å². The van der Waals surface area contributed by atoms with E-state index >= 15 is 0 Å². The Morgan fingerprint density at radius 3 is 2.57 bits per heavy atom. The van der Waals surface area contributed by atoms with Gasteiger partial charge in [0.25, 0.3) is 5.91 Å². The Morgan fingerprint density at radius 1 is 1.10 bits per heavy atom. The first-order valence-electron chi connectivity index (χ1n) is 10.6. The molecular formula is C24H27N3O3. The number of amides is 1. The average molecular weight is 405 g/mol. The van der Waals surface area contributed by atoms with Gasteiger partial charge in [-0.1, -0.05) is 32.9 Å². The van der Waals surface area contributed by atoms with Crippen LogP contribution in [0.2, 0.25) is 0 Å². The van der Waals surface area contributed by atoms with Crippen molar-refractivity contribution in [1.29, 1.82) is 0 Å². The second-order valence-electron chi connectivity index (χ2n) is 7.54. The minimum Gasteiger partial charge on any atom is -0.450 e. The fraction of sp³-hybridized carbons (Fsp3) is 0.375. The molecule has 30 heavy (non-hydrogen) atoms. The number of hydrogen-bond donors (Lipinski definition) is 0. The number of aromatic nitrogens is 1. The summed E-state index contributed by atoms with van der Waals surface area (Å²) in [4.78, 5) is 35.3. The summed E-state index contributed by atoms with van der Waals surface area (Å²) in [7, 11) is 0. The Morgan fingerprint density at radius 2 is 1.90 bits per heavy atom. The van der Waals surface area contributed by atoms with Crippen molar-refractivity contribution in [3.05, 3.63) is 75.4 Å². The zero-order valence-electron chi connectivity index (χ0n) is 17.7. The summed E-state index contributed by atoms with van der Waals surface area (Å²) in [6, 6.07) is 10.6. The Hall–Kier alpha value is -2.99. The standard InChI is InChI=1S/C24H27N3O3/c1-4-16-10-11-19-17(15-16)22(28)20-21(18-9-7-8-12-25-18)27(24(29)23(20)30-19)14-13-26(5-2)6-3/h7-12,15,21H,4-6,13-14H2,1-3H3. The first-order chi connectivity index (χ1) is 14.6. The first kappa shape index (κ1) is 20.3. The van der Waals surface area contributed by atoms with E-state index in [9.17, 15) is 9.59 Å². The lowest BCUT2D eigenvalue weighted by molar-refractivity contribution is 0.0705. The molecule has 1 atom stereocenters. The van der Waals surface area contributed by atoms with E-state index in [4.69, 9.17) is 4.42 Å². The van der Waals surface area contributed by atoms with E-state index in [1.54, 1.807) is 17.2 Å². The molecule has 0 spiro atoms. The van der Waals surface area contributed by atoms with E-state index in [1.807, 2.05) is 37.3 Å². The second-order valence-corrected chi connectivity index (χ2v) is 7.54. The summed E-state index contributed by atoms with van der Waals surface area (Å²) < 4.78 is 6.01. The summed E-state index contributed by atoms with van der Waals surface area (Å²) in [5, 5.41) is 0.521. The molecule has 1 aliphatic rings. The molecule has 3 aromatic rings. The quantitative estimate of drug-likeness (QED) is 0.600. The Bertz CT molecular complexity index is 1120. The van der Waals surface area contributed by atoms with Crippen molar-refractivity contribution in [1.82, 2.24) is 14.8 Å². The normalized spacial score (nSPS) is 15.9. The molecule has 0 radical (unpaired) electrons. The number of rotatable bonds is 7. The predicted octanol–water partition coefficient (Wildman–Crippen LogP) is 3.64. The average Bonchev–Trinajstić information content (AvgIpc) is 3.07. The lowest BCUT2D eigenvalue weighted by atomic mass is 10.0. The maximum Gasteiger partial charge on any atom is 0.291 e. The summed E-state index contributed by atoms with van der Waals surface area (Å²) in [5.41, 5.74) is 2.46. The van der Waals surface area contributed by atoms with Gasteiger partial charge in [-0.3, -0.25) is 14.6 Å². The molecule has 0 saturated carbocycles. The van der Waals surface area contributed by atoms with Crippen molar-refractivity contribution in [3.8, 4) is 0 Å². The van der Waals surface area contributed by atoms with Crippen LogP contribution in [0, 0.1) is 0 Å². The summed E-state index contributed by atoms with van der Waals surface area (Å²) in [5.74, 6) is -0.0988. The second kappa shape index (κ2) is 8.40. The SMILES string of the molecule is CCc1ccc2oc3c(c(=O)c2c1)C(c1ccccn1)N(CCN(CC)CC)C3=O. The maximum atomic E-state index is 13.5. The van der Waals surface area contributed by atoms with E-state index < -0.39 is 6.04 Å². The van der Waals surface area contributed by atoms with Gasteiger partial charge in [-0.15, -0.1) is 0 Å². The number of fused-ring (bicyclic) bond motifs is 2. The van der Waals surface area contributed by atoms with E-state index in [1.165, 1.54) is 0 Å². The molecule has 1 unspecified atom stereocenters. The molecule has 156 valence electrons. The number of carbonyl (C=O) groups excluding carboxylic acids is 1. The molecule has 1 aliphatic heterocycles. The number of aryl methyl sites for hydroxylation is 1. The Balaban J connectivity index is 1.87. The fourth-order valence-corrected chi connectivity index (χ4v) is 4.15. The highest BCUT2D eigenvalue weighted by molar-refractivity contribution is 5.99. The molecule has 0 N–H and O–H groups in total. The van der Waals surface area contributed by atoms with Crippen LogP contribution in [-0.4, -0.2) is 46.9 Å².